The maximum Gasteiger partial charge on any atom is 0.0443 e. The number of hydrogen-bond acceptors (Lipinski definition) is 2. The van der Waals surface area contributed by atoms with Gasteiger partial charge in [0.25, 0.3) is 0 Å². The molecule has 2 heteroatoms. The molecule has 0 aromatic heterocycles. The topological polar surface area (TPSA) is 32.3 Å². The number of hydrogen-bond donors (Lipinski definition) is 2. The Labute approximate surface area is 57.3 Å². The molecule has 2 N–H and O–H groups in total. The molecule has 56 valence electrons. The zero-order valence-electron chi connectivity index (χ0n) is 6.19. The molecule has 0 bridgehead atoms. The molecule has 0 radical (unpaired) electrons. The molecule has 0 heterocycles. The Morgan fingerprint density at radius 1 is 1.22 bits per heavy atom. The van der Waals surface area contributed by atoms with Crippen LogP contribution in [0.5, 0.6) is 0 Å². The molecule has 0 saturated carbocycles. The van der Waals surface area contributed by atoms with Crippen LogP contribution < -0.4 is 5.32 Å². The summed E-state index contributed by atoms with van der Waals surface area (Å²) in [5.74, 6) is 0. The molecule has 0 aliphatic rings. The quantitative estimate of drug-likeness (QED) is 0.522. The van der Waals surface area contributed by atoms with Crippen molar-refractivity contribution in [1.29, 1.82) is 0 Å². The number of aliphatic hydroxyl groups is 1. The summed E-state index contributed by atoms with van der Waals surface area (Å²) in [7, 11) is 0. The van der Waals surface area contributed by atoms with Gasteiger partial charge in [-0.2, -0.15) is 0 Å². The molecule has 0 saturated heterocycles. The van der Waals surface area contributed by atoms with Gasteiger partial charge in [-0.25, -0.2) is 0 Å². The normalized spacial score (nSPS) is 10.0. The largest absolute Gasteiger partial charge is 0.396 e. The molecule has 0 unspecified atom stereocenters. The van der Waals surface area contributed by atoms with Crippen molar-refractivity contribution in [3.8, 4) is 0 Å². The van der Waals surface area contributed by atoms with Crippen LogP contribution in [0.3, 0.4) is 0 Å². The summed E-state index contributed by atoms with van der Waals surface area (Å²) in [4.78, 5) is 0. The van der Waals surface area contributed by atoms with Gasteiger partial charge in [-0.15, -0.1) is 0 Å². The zero-order valence-corrected chi connectivity index (χ0v) is 6.19. The molecule has 2 nitrogen and oxygen atoms in total. The minimum atomic E-state index is 0.305. The summed E-state index contributed by atoms with van der Waals surface area (Å²) >= 11 is 0. The van der Waals surface area contributed by atoms with Crippen molar-refractivity contribution in [1.82, 2.24) is 5.32 Å². The average Bonchev–Trinajstić information content (AvgIpc) is 1.89. The van der Waals surface area contributed by atoms with Gasteiger partial charge in [0, 0.05) is 6.61 Å². The Bertz CT molecular complexity index is 42.2. The Morgan fingerprint density at radius 3 is 2.44 bits per heavy atom. The van der Waals surface area contributed by atoms with Crippen LogP contribution in [0.4, 0.5) is 0 Å². The summed E-state index contributed by atoms with van der Waals surface area (Å²) in [5.41, 5.74) is 0. The fourth-order valence-electron chi connectivity index (χ4n) is 0.631. The molecule has 0 spiro atoms. The highest BCUT2D eigenvalue weighted by Gasteiger charge is 1.83. The molecule has 0 aromatic carbocycles. The highest BCUT2D eigenvalue weighted by Crippen LogP contribution is 1.82. The molecule has 0 fully saturated rings. The van der Waals surface area contributed by atoms with E-state index in [-0.39, 0.29) is 0 Å². The van der Waals surface area contributed by atoms with E-state index in [1.165, 1.54) is 12.8 Å². The maximum atomic E-state index is 8.38. The van der Waals surface area contributed by atoms with Crippen LogP contribution in [-0.2, 0) is 0 Å². The monoisotopic (exact) mass is 131 g/mol. The predicted molar refractivity (Wildman–Crippen MR) is 39.5 cm³/mol. The van der Waals surface area contributed by atoms with Gasteiger partial charge in [-0.3, -0.25) is 0 Å². The molecule has 0 aliphatic heterocycles. The smallest absolute Gasteiger partial charge is 0.0443 e. The minimum absolute atomic E-state index is 0.305. The first-order valence-electron chi connectivity index (χ1n) is 3.73. The van der Waals surface area contributed by atoms with Crippen LogP contribution in [0, 0.1) is 0 Å². The molecule has 0 amide bonds. The lowest BCUT2D eigenvalue weighted by atomic mass is 10.3. The first-order chi connectivity index (χ1) is 4.41. The van der Waals surface area contributed by atoms with Crippen molar-refractivity contribution in [2.75, 3.05) is 19.7 Å². The van der Waals surface area contributed by atoms with Gasteiger partial charge >= 0.3 is 0 Å². The summed E-state index contributed by atoms with van der Waals surface area (Å²) in [6.07, 6.45) is 3.36. The molecular weight excluding hydrogens is 114 g/mol. The SMILES string of the molecule is CCCCNCCCO. The summed E-state index contributed by atoms with van der Waals surface area (Å²) in [5, 5.41) is 11.6. The fourth-order valence-corrected chi connectivity index (χ4v) is 0.631. The van der Waals surface area contributed by atoms with E-state index in [9.17, 15) is 0 Å². The van der Waals surface area contributed by atoms with Crippen LogP contribution in [0.2, 0.25) is 0 Å². The molecule has 0 aromatic rings. The second-order valence-corrected chi connectivity index (χ2v) is 2.18. The Morgan fingerprint density at radius 2 is 1.89 bits per heavy atom. The van der Waals surface area contributed by atoms with E-state index in [2.05, 4.69) is 12.2 Å². The van der Waals surface area contributed by atoms with Crippen LogP contribution >= 0.6 is 0 Å². The average molecular weight is 131 g/mol. The van der Waals surface area contributed by atoms with Gasteiger partial charge in [-0.05, 0) is 25.9 Å². The van der Waals surface area contributed by atoms with Crippen LogP contribution in [0.15, 0.2) is 0 Å². The number of rotatable bonds is 6. The summed E-state index contributed by atoms with van der Waals surface area (Å²) < 4.78 is 0. The van der Waals surface area contributed by atoms with Crippen molar-refractivity contribution < 1.29 is 5.11 Å². The van der Waals surface area contributed by atoms with E-state index < -0.39 is 0 Å². The summed E-state index contributed by atoms with van der Waals surface area (Å²) in [6.45, 7) is 4.53. The molecule has 9 heavy (non-hydrogen) atoms. The fraction of sp³-hybridized carbons (Fsp3) is 1.00. The van der Waals surface area contributed by atoms with Gasteiger partial charge < -0.3 is 10.4 Å². The molecular formula is C7H17NO. The predicted octanol–water partition coefficient (Wildman–Crippen LogP) is 0.758. The maximum absolute atomic E-state index is 8.38. The summed E-state index contributed by atoms with van der Waals surface area (Å²) in [6, 6.07) is 0. The first kappa shape index (κ1) is 8.92. The van der Waals surface area contributed by atoms with E-state index >= 15 is 0 Å². The molecule has 0 atom stereocenters. The van der Waals surface area contributed by atoms with Gasteiger partial charge in [0.1, 0.15) is 0 Å². The van der Waals surface area contributed by atoms with E-state index in [1.807, 2.05) is 0 Å². The van der Waals surface area contributed by atoms with Crippen molar-refractivity contribution in [3.63, 3.8) is 0 Å². The van der Waals surface area contributed by atoms with Crippen LogP contribution in [0.1, 0.15) is 26.2 Å². The zero-order chi connectivity index (χ0) is 6.95. The molecule has 0 rings (SSSR count). The third kappa shape index (κ3) is 7.92. The Kier molecular flexibility index (Phi) is 7.85. The number of nitrogens with one attached hydrogen (secondary N) is 1. The van der Waals surface area contributed by atoms with Crippen molar-refractivity contribution >= 4 is 0 Å². The lowest BCUT2D eigenvalue weighted by Gasteiger charge is -1.99. The van der Waals surface area contributed by atoms with Crippen molar-refractivity contribution in [2.45, 2.75) is 26.2 Å². The van der Waals surface area contributed by atoms with Gasteiger partial charge in [0.2, 0.25) is 0 Å². The first-order valence-corrected chi connectivity index (χ1v) is 3.73. The van der Waals surface area contributed by atoms with Gasteiger partial charge in [-0.1, -0.05) is 13.3 Å². The van der Waals surface area contributed by atoms with Crippen LogP contribution in [-0.4, -0.2) is 24.8 Å². The second-order valence-electron chi connectivity index (χ2n) is 2.18. The third-order valence-corrected chi connectivity index (χ3v) is 1.22. The van der Waals surface area contributed by atoms with Gasteiger partial charge in [0.05, 0.1) is 0 Å². The van der Waals surface area contributed by atoms with E-state index in [4.69, 9.17) is 5.11 Å². The van der Waals surface area contributed by atoms with Crippen molar-refractivity contribution in [3.05, 3.63) is 0 Å². The minimum Gasteiger partial charge on any atom is -0.396 e. The number of aliphatic hydroxyl groups excluding tert-OH is 1. The number of unbranched alkanes of at least 4 members (excludes halogenated alkanes) is 1. The van der Waals surface area contributed by atoms with E-state index in [0.717, 1.165) is 19.5 Å². The van der Waals surface area contributed by atoms with Crippen LogP contribution in [0.25, 0.3) is 0 Å². The molecule has 0 aliphatic carbocycles. The standard InChI is InChI=1S/C7H17NO/c1-2-3-5-8-6-4-7-9/h8-9H,2-7H2,1H3. The highest BCUT2D eigenvalue weighted by atomic mass is 16.3. The lowest BCUT2D eigenvalue weighted by molar-refractivity contribution is 0.286. The van der Waals surface area contributed by atoms with Crippen molar-refractivity contribution in [2.24, 2.45) is 0 Å². The van der Waals surface area contributed by atoms with E-state index in [0.29, 0.717) is 6.61 Å². The lowest BCUT2D eigenvalue weighted by Crippen LogP contribution is -2.17. The second kappa shape index (κ2) is 7.92. The third-order valence-electron chi connectivity index (χ3n) is 1.22. The van der Waals surface area contributed by atoms with Gasteiger partial charge in [0.15, 0.2) is 0 Å². The highest BCUT2D eigenvalue weighted by molar-refractivity contribution is 4.45. The van der Waals surface area contributed by atoms with E-state index in [1.54, 1.807) is 0 Å². The Balaban J connectivity index is 2.60. The Hall–Kier alpha value is -0.0800.